The number of nitrogens with one attached hydrogen (secondary N) is 1. The molecule has 0 atom stereocenters. The van der Waals surface area contributed by atoms with E-state index in [1.54, 1.807) is 18.2 Å². The summed E-state index contributed by atoms with van der Waals surface area (Å²) in [6.07, 6.45) is 0.279. The fourth-order valence-electron chi connectivity index (χ4n) is 2.36. The highest BCUT2D eigenvalue weighted by molar-refractivity contribution is 5.97. The van der Waals surface area contributed by atoms with E-state index >= 15 is 0 Å². The van der Waals surface area contributed by atoms with Crippen LogP contribution < -0.4 is 5.32 Å². The van der Waals surface area contributed by atoms with E-state index in [2.05, 4.69) is 5.32 Å². The lowest BCUT2D eigenvalue weighted by Crippen LogP contribution is -2.56. The molecule has 0 aromatic heterocycles. The Bertz CT molecular complexity index is 704. The molecule has 1 amide bonds. The number of aliphatic hydroxyl groups excluding tert-OH is 2. The molecule has 0 aliphatic rings. The van der Waals surface area contributed by atoms with Crippen LogP contribution in [0.5, 0.6) is 0 Å². The molecular weight excluding hydrogens is 292 g/mol. The Morgan fingerprint density at radius 1 is 1.04 bits per heavy atom. The predicted octanol–water partition coefficient (Wildman–Crippen LogP) is 1.25. The van der Waals surface area contributed by atoms with Gasteiger partial charge in [0.1, 0.15) is 0 Å². The highest BCUT2D eigenvalue weighted by Gasteiger charge is 2.32. The van der Waals surface area contributed by atoms with E-state index in [0.717, 1.165) is 5.56 Å². The van der Waals surface area contributed by atoms with Crippen LogP contribution in [0.4, 0.5) is 0 Å². The monoisotopic (exact) mass is 310 g/mol. The van der Waals surface area contributed by atoms with Gasteiger partial charge in [0.25, 0.3) is 5.91 Å². The number of carbonyl (C=O) groups excluding carboxylic acids is 1. The third-order valence-electron chi connectivity index (χ3n) is 3.66. The second kappa shape index (κ2) is 7.54. The Hall–Kier alpha value is -2.68. The third kappa shape index (κ3) is 3.95. The van der Waals surface area contributed by atoms with E-state index in [-0.39, 0.29) is 17.5 Å². The third-order valence-corrected chi connectivity index (χ3v) is 3.66. The van der Waals surface area contributed by atoms with Crippen molar-refractivity contribution in [3.63, 3.8) is 0 Å². The summed E-state index contributed by atoms with van der Waals surface area (Å²) in [5, 5.41) is 31.2. The van der Waals surface area contributed by atoms with Crippen LogP contribution in [0.25, 0.3) is 0 Å². The minimum Gasteiger partial charge on any atom is -0.394 e. The van der Waals surface area contributed by atoms with Crippen molar-refractivity contribution in [2.75, 3.05) is 13.2 Å². The molecule has 0 fully saturated rings. The number of nitriles is 1. The van der Waals surface area contributed by atoms with E-state index in [1.807, 2.05) is 36.4 Å². The van der Waals surface area contributed by atoms with Gasteiger partial charge in [-0.15, -0.1) is 0 Å². The first-order chi connectivity index (χ1) is 11.1. The fourth-order valence-corrected chi connectivity index (χ4v) is 2.36. The second-order valence-electron chi connectivity index (χ2n) is 5.37. The number of benzene rings is 2. The van der Waals surface area contributed by atoms with Gasteiger partial charge in [0.2, 0.25) is 0 Å². The van der Waals surface area contributed by atoms with Crippen LogP contribution in [-0.4, -0.2) is 34.9 Å². The summed E-state index contributed by atoms with van der Waals surface area (Å²) in [6, 6.07) is 17.7. The van der Waals surface area contributed by atoms with Gasteiger partial charge in [-0.25, -0.2) is 0 Å². The molecule has 5 nitrogen and oxygen atoms in total. The van der Waals surface area contributed by atoms with Crippen LogP contribution in [0, 0.1) is 11.3 Å². The first kappa shape index (κ1) is 16.7. The minimum atomic E-state index is -1.19. The Labute approximate surface area is 134 Å². The Morgan fingerprint density at radius 3 is 2.26 bits per heavy atom. The van der Waals surface area contributed by atoms with Crippen molar-refractivity contribution in [3.8, 4) is 6.07 Å². The van der Waals surface area contributed by atoms with Crippen LogP contribution in [-0.2, 0) is 6.42 Å². The molecule has 0 radical (unpaired) electrons. The summed E-state index contributed by atoms with van der Waals surface area (Å²) < 4.78 is 0. The molecule has 0 heterocycles. The fraction of sp³-hybridized carbons (Fsp3) is 0.222. The molecule has 23 heavy (non-hydrogen) atoms. The van der Waals surface area contributed by atoms with Gasteiger partial charge in [0.05, 0.1) is 35.9 Å². The van der Waals surface area contributed by atoms with Gasteiger partial charge in [-0.2, -0.15) is 5.26 Å². The number of amides is 1. The number of aliphatic hydroxyl groups is 2. The van der Waals surface area contributed by atoms with Gasteiger partial charge >= 0.3 is 0 Å². The standard InChI is InChI=1S/C18H18N2O3/c19-11-15-8-4-5-9-16(15)17(23)20-18(12-21,13-22)10-14-6-2-1-3-7-14/h1-9,21-22H,10,12-13H2,(H,20,23). The van der Waals surface area contributed by atoms with Gasteiger partial charge in [-0.05, 0) is 17.7 Å². The molecule has 0 aliphatic carbocycles. The number of carbonyl (C=O) groups is 1. The Kier molecular flexibility index (Phi) is 5.47. The molecule has 5 heteroatoms. The molecule has 2 aromatic carbocycles. The zero-order valence-electron chi connectivity index (χ0n) is 12.6. The lowest BCUT2D eigenvalue weighted by atomic mass is 9.91. The van der Waals surface area contributed by atoms with Crippen molar-refractivity contribution in [1.29, 1.82) is 5.26 Å². The molecule has 0 saturated carbocycles. The number of hydrogen-bond donors (Lipinski definition) is 3. The normalized spacial score (nSPS) is 10.8. The van der Waals surface area contributed by atoms with Crippen LogP contribution in [0.1, 0.15) is 21.5 Å². The Balaban J connectivity index is 2.25. The molecule has 0 saturated heterocycles. The molecule has 2 aromatic rings. The van der Waals surface area contributed by atoms with Crippen molar-refractivity contribution in [1.82, 2.24) is 5.32 Å². The lowest BCUT2D eigenvalue weighted by Gasteiger charge is -2.31. The molecule has 118 valence electrons. The summed E-state index contributed by atoms with van der Waals surface area (Å²) in [6.45, 7) is -0.836. The van der Waals surface area contributed by atoms with Gasteiger partial charge in [0, 0.05) is 6.42 Å². The van der Waals surface area contributed by atoms with Crippen LogP contribution >= 0.6 is 0 Å². The smallest absolute Gasteiger partial charge is 0.253 e. The molecule has 3 N–H and O–H groups in total. The maximum atomic E-state index is 12.5. The Morgan fingerprint density at radius 2 is 1.65 bits per heavy atom. The summed E-state index contributed by atoms with van der Waals surface area (Å²) in [5.74, 6) is -0.499. The van der Waals surface area contributed by atoms with E-state index < -0.39 is 24.7 Å². The maximum absolute atomic E-state index is 12.5. The number of hydrogen-bond acceptors (Lipinski definition) is 4. The molecule has 0 spiro atoms. The summed E-state index contributed by atoms with van der Waals surface area (Å²) >= 11 is 0. The van der Waals surface area contributed by atoms with Crippen LogP contribution in [0.2, 0.25) is 0 Å². The quantitative estimate of drug-likeness (QED) is 0.748. The molecular formula is C18H18N2O3. The van der Waals surface area contributed by atoms with E-state index in [0.29, 0.717) is 0 Å². The molecule has 0 unspecified atom stereocenters. The first-order valence-electron chi connectivity index (χ1n) is 7.21. The minimum absolute atomic E-state index is 0.217. The molecule has 0 aliphatic heterocycles. The first-order valence-corrected chi connectivity index (χ1v) is 7.21. The van der Waals surface area contributed by atoms with Crippen LogP contribution in [0.3, 0.4) is 0 Å². The van der Waals surface area contributed by atoms with Crippen LogP contribution in [0.15, 0.2) is 54.6 Å². The number of rotatable bonds is 6. The van der Waals surface area contributed by atoms with E-state index in [1.165, 1.54) is 6.07 Å². The highest BCUT2D eigenvalue weighted by Crippen LogP contribution is 2.15. The topological polar surface area (TPSA) is 93.4 Å². The van der Waals surface area contributed by atoms with Crippen molar-refractivity contribution in [2.45, 2.75) is 12.0 Å². The summed E-state index contributed by atoms with van der Waals surface area (Å²) in [7, 11) is 0. The average Bonchev–Trinajstić information content (AvgIpc) is 2.61. The predicted molar refractivity (Wildman–Crippen MR) is 85.7 cm³/mol. The van der Waals surface area contributed by atoms with E-state index in [4.69, 9.17) is 5.26 Å². The zero-order valence-corrected chi connectivity index (χ0v) is 12.6. The molecule has 0 bridgehead atoms. The second-order valence-corrected chi connectivity index (χ2v) is 5.37. The van der Waals surface area contributed by atoms with Gasteiger partial charge < -0.3 is 15.5 Å². The summed E-state index contributed by atoms with van der Waals surface area (Å²) in [5.41, 5.74) is 0.148. The zero-order chi connectivity index (χ0) is 16.7. The van der Waals surface area contributed by atoms with Gasteiger partial charge in [-0.3, -0.25) is 4.79 Å². The van der Waals surface area contributed by atoms with E-state index in [9.17, 15) is 15.0 Å². The van der Waals surface area contributed by atoms with Gasteiger partial charge in [0.15, 0.2) is 0 Å². The highest BCUT2D eigenvalue weighted by atomic mass is 16.3. The average molecular weight is 310 g/mol. The van der Waals surface area contributed by atoms with Crippen molar-refractivity contribution in [3.05, 3.63) is 71.3 Å². The maximum Gasteiger partial charge on any atom is 0.253 e. The largest absolute Gasteiger partial charge is 0.394 e. The van der Waals surface area contributed by atoms with Crippen molar-refractivity contribution < 1.29 is 15.0 Å². The molecule has 2 rings (SSSR count). The summed E-state index contributed by atoms with van der Waals surface area (Å²) in [4.78, 5) is 12.5. The SMILES string of the molecule is N#Cc1ccccc1C(=O)NC(CO)(CO)Cc1ccccc1. The van der Waals surface area contributed by atoms with Crippen molar-refractivity contribution >= 4 is 5.91 Å². The lowest BCUT2D eigenvalue weighted by molar-refractivity contribution is 0.0667. The van der Waals surface area contributed by atoms with Crippen molar-refractivity contribution in [2.24, 2.45) is 0 Å². The van der Waals surface area contributed by atoms with Gasteiger partial charge in [-0.1, -0.05) is 42.5 Å². The number of nitrogens with zero attached hydrogens (tertiary/aromatic N) is 1.